The number of ketones is 1. The average molecular weight is 591 g/mol. The number of nitrogens with one attached hydrogen (secondary N) is 1. The molecule has 10 nitrogen and oxygen atoms in total. The zero-order chi connectivity index (χ0) is 28.9. The molecule has 4 heterocycles. The Bertz CT molecular complexity index is 1760. The van der Waals surface area contributed by atoms with Gasteiger partial charge in [-0.05, 0) is 35.4 Å². The molecule has 0 bridgehead atoms. The second kappa shape index (κ2) is 10.4. The van der Waals surface area contributed by atoms with Crippen LogP contribution in [0.4, 0.5) is 0 Å². The zero-order valence-corrected chi connectivity index (χ0v) is 23.2. The molecule has 2 aliphatic heterocycles. The number of rotatable bonds is 7. The van der Waals surface area contributed by atoms with Crippen LogP contribution in [0.2, 0.25) is 10.0 Å². The molecular weight excluding hydrogens is 567 g/mol. The fourth-order valence-corrected chi connectivity index (χ4v) is 5.99. The second-order valence-corrected chi connectivity index (χ2v) is 11.1. The van der Waals surface area contributed by atoms with E-state index in [9.17, 15) is 19.2 Å². The molecule has 2 aliphatic rings. The first-order valence-corrected chi connectivity index (χ1v) is 13.7. The Morgan fingerprint density at radius 2 is 1.46 bits per heavy atom. The molecule has 2 saturated heterocycles. The van der Waals surface area contributed by atoms with E-state index in [4.69, 9.17) is 28.9 Å². The van der Waals surface area contributed by atoms with Crippen LogP contribution in [0.5, 0.6) is 0 Å². The molecule has 6 rings (SSSR count). The number of likely N-dealkylation sites (tertiary alicyclic amines) is 2. The fraction of sp³-hybridized carbons (Fsp3) is 0.241. The number of fused-ring (bicyclic) bond motifs is 2. The predicted molar refractivity (Wildman–Crippen MR) is 153 cm³/mol. The maximum absolute atomic E-state index is 13.6. The summed E-state index contributed by atoms with van der Waals surface area (Å²) in [5.41, 5.74) is 6.84. The molecule has 12 heteroatoms. The summed E-state index contributed by atoms with van der Waals surface area (Å²) in [5.74, 6) is -2.87. The lowest BCUT2D eigenvalue weighted by Gasteiger charge is -2.28. The van der Waals surface area contributed by atoms with Gasteiger partial charge < -0.3 is 15.5 Å². The van der Waals surface area contributed by atoms with Gasteiger partial charge in [0.25, 0.3) is 11.8 Å². The molecule has 0 aliphatic carbocycles. The molecule has 0 radical (unpaired) electrons. The van der Waals surface area contributed by atoms with Crippen molar-refractivity contribution in [2.45, 2.75) is 31.1 Å². The number of nitrogens with two attached hydrogens (primary N) is 1. The van der Waals surface area contributed by atoms with Crippen LogP contribution in [0.3, 0.4) is 0 Å². The first-order chi connectivity index (χ1) is 19.7. The Balaban J connectivity index is 1.18. The van der Waals surface area contributed by atoms with Crippen molar-refractivity contribution >= 4 is 68.5 Å². The van der Waals surface area contributed by atoms with Gasteiger partial charge in [-0.25, -0.2) is 0 Å². The Labute approximate surface area is 244 Å². The van der Waals surface area contributed by atoms with Crippen molar-refractivity contribution in [3.8, 4) is 0 Å². The summed E-state index contributed by atoms with van der Waals surface area (Å²) in [7, 11) is 0. The fourth-order valence-electron chi connectivity index (χ4n) is 5.56. The SMILES string of the molecule is NC(=O)C1(NC2CN(Cc3ccc4c(Cl)ccnc4c3)C(=O)C2=O)CCN(Cc2ccc3c(Cl)ccnc3c2)C1=O. The zero-order valence-electron chi connectivity index (χ0n) is 21.6. The highest BCUT2D eigenvalue weighted by molar-refractivity contribution is 6.40. The third-order valence-electron chi connectivity index (χ3n) is 7.72. The normalized spacial score (nSPS) is 21.0. The molecule has 208 valence electrons. The van der Waals surface area contributed by atoms with Gasteiger partial charge in [0.2, 0.25) is 11.7 Å². The van der Waals surface area contributed by atoms with E-state index in [1.54, 1.807) is 30.6 Å². The molecule has 3 amide bonds. The van der Waals surface area contributed by atoms with Crippen LogP contribution in [-0.4, -0.2) is 67.9 Å². The minimum atomic E-state index is -1.81. The molecule has 4 aromatic rings. The molecule has 0 spiro atoms. The number of carbonyl (C=O) groups is 4. The maximum atomic E-state index is 13.6. The van der Waals surface area contributed by atoms with Crippen molar-refractivity contribution < 1.29 is 19.2 Å². The Morgan fingerprint density at radius 1 is 0.902 bits per heavy atom. The smallest absolute Gasteiger partial charge is 0.292 e. The number of hydrogen-bond donors (Lipinski definition) is 2. The van der Waals surface area contributed by atoms with Crippen LogP contribution in [0, 0.1) is 0 Å². The Kier molecular flexibility index (Phi) is 6.85. The molecule has 41 heavy (non-hydrogen) atoms. The number of carbonyl (C=O) groups excluding carboxylic acids is 4. The molecule has 2 unspecified atom stereocenters. The van der Waals surface area contributed by atoms with Gasteiger partial charge in [-0.15, -0.1) is 0 Å². The van der Waals surface area contributed by atoms with Crippen LogP contribution >= 0.6 is 23.2 Å². The average Bonchev–Trinajstić information content (AvgIpc) is 3.40. The minimum absolute atomic E-state index is 0.0158. The molecule has 0 saturated carbocycles. The van der Waals surface area contributed by atoms with Gasteiger partial charge in [0.05, 0.1) is 27.1 Å². The molecule has 3 N–H and O–H groups in total. The summed E-state index contributed by atoms with van der Waals surface area (Å²) >= 11 is 12.5. The standard InChI is InChI=1S/C29H24Cl2N6O4/c30-20-5-8-33-22-11-16(1-3-18(20)22)13-36-10-7-29(27(32)40,28(36)41)35-24-15-37(26(39)25(24)38)14-17-2-4-19-21(31)6-9-34-23(19)12-17/h1-6,8-9,11-12,24,35H,7,10,13-15H2,(H2,32,40). The lowest BCUT2D eigenvalue weighted by molar-refractivity contribution is -0.142. The number of amides is 3. The number of nitrogens with zero attached hydrogens (tertiary/aromatic N) is 4. The van der Waals surface area contributed by atoms with Gasteiger partial charge >= 0.3 is 0 Å². The number of hydrogen-bond acceptors (Lipinski definition) is 7. The second-order valence-electron chi connectivity index (χ2n) is 10.3. The van der Waals surface area contributed by atoms with E-state index < -0.39 is 35.1 Å². The van der Waals surface area contributed by atoms with E-state index in [0.29, 0.717) is 21.1 Å². The first-order valence-electron chi connectivity index (χ1n) is 12.9. The van der Waals surface area contributed by atoms with E-state index in [1.807, 2.05) is 30.3 Å². The minimum Gasteiger partial charge on any atom is -0.368 e. The van der Waals surface area contributed by atoms with Crippen molar-refractivity contribution in [2.24, 2.45) is 5.73 Å². The van der Waals surface area contributed by atoms with Gasteiger partial charge in [-0.2, -0.15) is 0 Å². The summed E-state index contributed by atoms with van der Waals surface area (Å²) in [6.07, 6.45) is 3.26. The molecule has 2 aromatic heterocycles. The lowest BCUT2D eigenvalue weighted by Crippen LogP contribution is -2.64. The molecule has 2 fully saturated rings. The van der Waals surface area contributed by atoms with Crippen LogP contribution < -0.4 is 11.1 Å². The van der Waals surface area contributed by atoms with Gasteiger partial charge in [0.1, 0.15) is 0 Å². The third-order valence-corrected chi connectivity index (χ3v) is 8.38. The third kappa shape index (κ3) is 4.77. The highest BCUT2D eigenvalue weighted by Crippen LogP contribution is 2.29. The number of pyridine rings is 2. The summed E-state index contributed by atoms with van der Waals surface area (Å²) in [6.45, 7) is 0.582. The van der Waals surface area contributed by atoms with E-state index in [-0.39, 0.29) is 32.6 Å². The monoisotopic (exact) mass is 590 g/mol. The van der Waals surface area contributed by atoms with E-state index in [0.717, 1.165) is 21.9 Å². The van der Waals surface area contributed by atoms with Gasteiger partial charge in [0, 0.05) is 55.8 Å². The highest BCUT2D eigenvalue weighted by Gasteiger charge is 2.55. The van der Waals surface area contributed by atoms with E-state index in [2.05, 4.69) is 15.3 Å². The molecule has 2 atom stereocenters. The van der Waals surface area contributed by atoms with Crippen LogP contribution in [0.25, 0.3) is 21.8 Å². The summed E-state index contributed by atoms with van der Waals surface area (Å²) in [5, 5.41) is 5.59. The van der Waals surface area contributed by atoms with Crippen molar-refractivity contribution in [1.82, 2.24) is 25.1 Å². The van der Waals surface area contributed by atoms with Crippen LogP contribution in [0.15, 0.2) is 60.9 Å². The van der Waals surface area contributed by atoms with Crippen LogP contribution in [0.1, 0.15) is 17.5 Å². The largest absolute Gasteiger partial charge is 0.368 e. The Hall–Kier alpha value is -4.12. The highest BCUT2D eigenvalue weighted by atomic mass is 35.5. The number of benzene rings is 2. The summed E-state index contributed by atoms with van der Waals surface area (Å²) < 4.78 is 0. The Morgan fingerprint density at radius 3 is 2.02 bits per heavy atom. The van der Waals surface area contributed by atoms with Crippen molar-refractivity contribution in [1.29, 1.82) is 0 Å². The lowest BCUT2D eigenvalue weighted by atomic mass is 9.94. The first kappa shape index (κ1) is 27.1. The quantitative estimate of drug-likeness (QED) is 0.249. The summed E-state index contributed by atoms with van der Waals surface area (Å²) in [6, 6.07) is 13.3. The maximum Gasteiger partial charge on any atom is 0.292 e. The van der Waals surface area contributed by atoms with Gasteiger partial charge in [-0.1, -0.05) is 47.5 Å². The van der Waals surface area contributed by atoms with Gasteiger partial charge in [-0.3, -0.25) is 34.5 Å². The topological polar surface area (TPSA) is 139 Å². The van der Waals surface area contributed by atoms with Crippen molar-refractivity contribution in [2.75, 3.05) is 13.1 Å². The number of Topliss-reactive ketones (excluding diaryl/α,β-unsaturated/α-hetero) is 1. The van der Waals surface area contributed by atoms with Gasteiger partial charge in [0.15, 0.2) is 5.54 Å². The van der Waals surface area contributed by atoms with Crippen molar-refractivity contribution in [3.05, 3.63) is 82.1 Å². The van der Waals surface area contributed by atoms with Crippen molar-refractivity contribution in [3.63, 3.8) is 0 Å². The number of primary amides is 1. The van der Waals surface area contributed by atoms with E-state index in [1.165, 1.54) is 9.80 Å². The molecule has 2 aromatic carbocycles. The predicted octanol–water partition coefficient (Wildman–Crippen LogP) is 2.62. The number of aromatic nitrogens is 2. The number of halogens is 2. The van der Waals surface area contributed by atoms with Crippen LogP contribution in [-0.2, 0) is 32.3 Å². The van der Waals surface area contributed by atoms with E-state index >= 15 is 0 Å². The summed E-state index contributed by atoms with van der Waals surface area (Å²) in [4.78, 5) is 63.7. The molecular formula is C29H24Cl2N6O4.